The fourth-order valence-corrected chi connectivity index (χ4v) is 8.68. The second-order valence-corrected chi connectivity index (χ2v) is 13.8. The zero-order valence-corrected chi connectivity index (χ0v) is 28.7. The van der Waals surface area contributed by atoms with E-state index in [1.807, 2.05) is 6.08 Å². The lowest BCUT2D eigenvalue weighted by Gasteiger charge is -2.39. The lowest BCUT2D eigenvalue weighted by atomic mass is 9.61. The lowest BCUT2D eigenvalue weighted by Crippen LogP contribution is -2.39. The number of hydrogen-bond donors (Lipinski definition) is 0. The third-order valence-corrected chi connectivity index (χ3v) is 10.9. The summed E-state index contributed by atoms with van der Waals surface area (Å²) in [5.41, 5.74) is 8.18. The Morgan fingerprint density at radius 3 is 1.70 bits per heavy atom. The number of esters is 1. The standard InChI is InChI=1S/C42H54N2O2/c1-5-7-9-11-13-19-28-43-31(3)39(34-22-15-17-25-37(34)43)42(27-21-24-33-36(42)30-46-41(33)45)40-32(4)44(29-20-14-12-10-8-6-2)38-26-18-16-23-35(38)40/h15-18,21-27,36H,5-14,19-20,28-30H2,1-4H3. The highest BCUT2D eigenvalue weighted by Crippen LogP contribution is 2.55. The van der Waals surface area contributed by atoms with E-state index in [-0.39, 0.29) is 11.9 Å². The SMILES string of the molecule is CCCCCCCCn1c(C)c(C2(c3c(C)n(CCCCCCCC)c4ccccc34)C=CC=C3C(=O)OCC32)c2ccccc21. The first-order valence-corrected chi connectivity index (χ1v) is 18.3. The van der Waals surface area contributed by atoms with Gasteiger partial charge in [-0.1, -0.05) is 133 Å². The summed E-state index contributed by atoms with van der Waals surface area (Å²) >= 11 is 0. The number of nitrogens with zero attached hydrogens (tertiary/aromatic N) is 2. The van der Waals surface area contributed by atoms with Crippen LogP contribution in [0.3, 0.4) is 0 Å². The van der Waals surface area contributed by atoms with Crippen LogP contribution in [0.4, 0.5) is 0 Å². The molecule has 2 aromatic heterocycles. The Labute approximate surface area is 276 Å². The number of benzene rings is 2. The van der Waals surface area contributed by atoms with Gasteiger partial charge in [0.1, 0.15) is 6.61 Å². The zero-order valence-electron chi connectivity index (χ0n) is 28.7. The van der Waals surface area contributed by atoms with Crippen LogP contribution in [0.1, 0.15) is 113 Å². The van der Waals surface area contributed by atoms with Gasteiger partial charge in [0.2, 0.25) is 0 Å². The number of rotatable bonds is 16. The molecule has 3 heterocycles. The van der Waals surface area contributed by atoms with Gasteiger partial charge >= 0.3 is 5.97 Å². The molecule has 0 saturated carbocycles. The van der Waals surface area contributed by atoms with Crippen LogP contribution < -0.4 is 0 Å². The van der Waals surface area contributed by atoms with Crippen molar-refractivity contribution in [2.24, 2.45) is 5.92 Å². The van der Waals surface area contributed by atoms with Crippen LogP contribution in [0.2, 0.25) is 0 Å². The largest absolute Gasteiger partial charge is 0.462 e. The van der Waals surface area contributed by atoms with E-state index in [0.717, 1.165) is 18.7 Å². The molecule has 4 nitrogen and oxygen atoms in total. The third-order valence-electron chi connectivity index (χ3n) is 10.9. The molecule has 1 aliphatic heterocycles. The molecular weight excluding hydrogens is 564 g/mol. The van der Waals surface area contributed by atoms with Crippen molar-refractivity contribution in [3.05, 3.63) is 94.8 Å². The smallest absolute Gasteiger partial charge is 0.334 e. The average molecular weight is 619 g/mol. The molecule has 4 aromatic rings. The highest BCUT2D eigenvalue weighted by molar-refractivity contribution is 5.97. The van der Waals surface area contributed by atoms with E-state index < -0.39 is 5.41 Å². The number of cyclic esters (lactones) is 1. The Bertz CT molecular complexity index is 1630. The van der Waals surface area contributed by atoms with Crippen LogP contribution in [-0.4, -0.2) is 21.7 Å². The molecule has 1 aliphatic carbocycles. The summed E-state index contributed by atoms with van der Waals surface area (Å²) in [6, 6.07) is 17.9. The van der Waals surface area contributed by atoms with Crippen molar-refractivity contribution >= 4 is 27.8 Å². The molecule has 0 spiro atoms. The summed E-state index contributed by atoms with van der Waals surface area (Å²) in [6.45, 7) is 11.6. The fraction of sp³-hybridized carbons (Fsp3) is 0.500. The Morgan fingerprint density at radius 2 is 1.17 bits per heavy atom. The van der Waals surface area contributed by atoms with Gasteiger partial charge in [0.05, 0.1) is 5.41 Å². The van der Waals surface area contributed by atoms with Gasteiger partial charge in [0.25, 0.3) is 0 Å². The van der Waals surface area contributed by atoms with Crippen LogP contribution in [0.15, 0.2) is 72.3 Å². The minimum atomic E-state index is -0.525. The van der Waals surface area contributed by atoms with E-state index >= 15 is 0 Å². The van der Waals surface area contributed by atoms with E-state index in [4.69, 9.17) is 4.74 Å². The number of fused-ring (bicyclic) bond motifs is 3. The second kappa shape index (κ2) is 14.5. The predicted octanol–water partition coefficient (Wildman–Crippen LogP) is 10.9. The van der Waals surface area contributed by atoms with Crippen molar-refractivity contribution in [2.75, 3.05) is 6.61 Å². The minimum Gasteiger partial charge on any atom is -0.462 e. The van der Waals surface area contributed by atoms with Gasteiger partial charge in [-0.15, -0.1) is 0 Å². The van der Waals surface area contributed by atoms with Crippen molar-refractivity contribution < 1.29 is 9.53 Å². The van der Waals surface area contributed by atoms with E-state index in [1.54, 1.807) is 0 Å². The summed E-state index contributed by atoms with van der Waals surface area (Å²) < 4.78 is 11.0. The molecule has 2 aromatic carbocycles. The maximum absolute atomic E-state index is 13.2. The molecule has 0 amide bonds. The fourth-order valence-electron chi connectivity index (χ4n) is 8.68. The van der Waals surface area contributed by atoms with Crippen molar-refractivity contribution in [2.45, 2.75) is 123 Å². The van der Waals surface area contributed by atoms with Crippen molar-refractivity contribution in [1.82, 2.24) is 9.13 Å². The van der Waals surface area contributed by atoms with E-state index in [9.17, 15) is 4.79 Å². The molecule has 6 rings (SSSR count). The quantitative estimate of drug-likeness (QED) is 0.0925. The number of aryl methyl sites for hydroxylation is 2. The number of unbranched alkanes of at least 4 members (excludes halogenated alkanes) is 10. The Balaban J connectivity index is 1.50. The van der Waals surface area contributed by atoms with Crippen LogP contribution >= 0.6 is 0 Å². The number of hydrogen-bond acceptors (Lipinski definition) is 2. The topological polar surface area (TPSA) is 36.2 Å². The van der Waals surface area contributed by atoms with Crippen molar-refractivity contribution in [1.29, 1.82) is 0 Å². The number of carbonyl (C=O) groups is 1. The molecule has 1 saturated heterocycles. The van der Waals surface area contributed by atoms with E-state index in [1.165, 1.54) is 121 Å². The van der Waals surface area contributed by atoms with Crippen molar-refractivity contribution in [3.8, 4) is 0 Å². The Morgan fingerprint density at radius 1 is 0.696 bits per heavy atom. The molecular formula is C42H54N2O2. The van der Waals surface area contributed by atoms with Crippen LogP contribution in [0.5, 0.6) is 0 Å². The Hall–Kier alpha value is -3.53. The van der Waals surface area contributed by atoms with Gasteiger partial charge in [-0.05, 0) is 49.9 Å². The number of para-hydroxylation sites is 2. The molecule has 46 heavy (non-hydrogen) atoms. The molecule has 1 atom stereocenters. The Kier molecular flexibility index (Phi) is 10.2. The monoisotopic (exact) mass is 618 g/mol. The molecule has 4 heteroatoms. The van der Waals surface area contributed by atoms with Gasteiger partial charge in [0, 0.05) is 57.8 Å². The van der Waals surface area contributed by atoms with Crippen LogP contribution in [-0.2, 0) is 28.0 Å². The van der Waals surface area contributed by atoms with Crippen LogP contribution in [0.25, 0.3) is 21.8 Å². The molecule has 1 unspecified atom stereocenters. The molecule has 1 fully saturated rings. The first-order chi connectivity index (χ1) is 22.5. The summed E-state index contributed by atoms with van der Waals surface area (Å²) in [6.07, 6.45) is 21.9. The minimum absolute atomic E-state index is 0.0796. The van der Waals surface area contributed by atoms with Gasteiger partial charge in [0.15, 0.2) is 0 Å². The zero-order chi connectivity index (χ0) is 32.1. The average Bonchev–Trinajstić information content (AvgIpc) is 3.69. The van der Waals surface area contributed by atoms with Gasteiger partial charge in [-0.2, -0.15) is 0 Å². The van der Waals surface area contributed by atoms with Gasteiger partial charge in [-0.3, -0.25) is 0 Å². The van der Waals surface area contributed by atoms with E-state index in [0.29, 0.717) is 6.61 Å². The summed E-state index contributed by atoms with van der Waals surface area (Å²) in [4.78, 5) is 13.2. The van der Waals surface area contributed by atoms with Gasteiger partial charge in [-0.25, -0.2) is 4.79 Å². The molecule has 0 radical (unpaired) electrons. The maximum atomic E-state index is 13.2. The summed E-state index contributed by atoms with van der Waals surface area (Å²) in [5, 5.41) is 2.59. The first-order valence-electron chi connectivity index (χ1n) is 18.3. The molecule has 244 valence electrons. The third kappa shape index (κ3) is 5.78. The highest BCUT2D eigenvalue weighted by atomic mass is 16.5. The van der Waals surface area contributed by atoms with Gasteiger partial charge < -0.3 is 13.9 Å². The lowest BCUT2D eigenvalue weighted by molar-refractivity contribution is -0.135. The summed E-state index contributed by atoms with van der Waals surface area (Å²) in [7, 11) is 0. The number of aromatic nitrogens is 2. The maximum Gasteiger partial charge on any atom is 0.334 e. The number of carbonyl (C=O) groups excluding carboxylic acids is 1. The molecule has 2 aliphatic rings. The number of ether oxygens (including phenoxy) is 1. The van der Waals surface area contributed by atoms with Crippen molar-refractivity contribution in [3.63, 3.8) is 0 Å². The summed E-state index contributed by atoms with van der Waals surface area (Å²) in [5.74, 6) is -0.246. The highest BCUT2D eigenvalue weighted by Gasteiger charge is 2.53. The van der Waals surface area contributed by atoms with Crippen LogP contribution in [0, 0.1) is 19.8 Å². The predicted molar refractivity (Wildman–Crippen MR) is 193 cm³/mol. The second-order valence-electron chi connectivity index (χ2n) is 13.8. The molecule has 0 N–H and O–H groups in total. The molecule has 0 bridgehead atoms. The van der Waals surface area contributed by atoms with E-state index in [2.05, 4.69) is 97.5 Å². The normalized spacial score (nSPS) is 17.2. The number of allylic oxidation sites excluding steroid dienone is 3. The first kappa shape index (κ1) is 32.4.